The number of aliphatic hydroxyl groups is 2. The Morgan fingerprint density at radius 2 is 2.22 bits per heavy atom. The van der Waals surface area contributed by atoms with Crippen molar-refractivity contribution < 1.29 is 19.7 Å². The van der Waals surface area contributed by atoms with Gasteiger partial charge in [-0.3, -0.25) is 9.36 Å². The quantitative estimate of drug-likeness (QED) is 0.509. The summed E-state index contributed by atoms with van der Waals surface area (Å²) in [7, 11) is 0. The third-order valence-corrected chi connectivity index (χ3v) is 3.71. The van der Waals surface area contributed by atoms with Gasteiger partial charge in [-0.15, -0.1) is 0 Å². The predicted molar refractivity (Wildman–Crippen MR) is 79.4 cm³/mol. The highest BCUT2D eigenvalue weighted by Crippen LogP contribution is 2.32. The van der Waals surface area contributed by atoms with E-state index in [-0.39, 0.29) is 22.3 Å². The van der Waals surface area contributed by atoms with Gasteiger partial charge in [0.15, 0.2) is 23.8 Å². The number of nitrogen functional groups attached to an aromatic ring is 1. The van der Waals surface area contributed by atoms with Crippen molar-refractivity contribution >= 4 is 34.5 Å². The van der Waals surface area contributed by atoms with Crippen LogP contribution in [0.4, 0.5) is 5.82 Å². The largest absolute Gasteiger partial charge is 0.387 e. The van der Waals surface area contributed by atoms with E-state index >= 15 is 0 Å². The SMILES string of the molecule is CCNC(=O)[C@H]1O[C@@H](n2cnc3c(N)nc(Cl)nc32)[C@H](O)[C@@H]1O. The van der Waals surface area contributed by atoms with Crippen LogP contribution in [-0.4, -0.2) is 60.5 Å². The number of hydrogen-bond donors (Lipinski definition) is 4. The lowest BCUT2D eigenvalue weighted by molar-refractivity contribution is -0.137. The Labute approximate surface area is 135 Å². The molecule has 23 heavy (non-hydrogen) atoms. The predicted octanol–water partition coefficient (Wildman–Crippen LogP) is -1.18. The Kier molecular flexibility index (Phi) is 4.06. The molecule has 1 aliphatic heterocycles. The van der Waals surface area contributed by atoms with E-state index in [9.17, 15) is 15.0 Å². The van der Waals surface area contributed by atoms with Crippen LogP contribution in [0, 0.1) is 0 Å². The Hall–Kier alpha value is -2.01. The minimum atomic E-state index is -1.39. The van der Waals surface area contributed by atoms with E-state index in [2.05, 4.69) is 20.3 Å². The van der Waals surface area contributed by atoms with Gasteiger partial charge in [0.2, 0.25) is 5.28 Å². The van der Waals surface area contributed by atoms with Crippen LogP contribution >= 0.6 is 11.6 Å². The van der Waals surface area contributed by atoms with Crippen LogP contribution < -0.4 is 11.1 Å². The van der Waals surface area contributed by atoms with Gasteiger partial charge in [-0.25, -0.2) is 4.98 Å². The number of halogens is 1. The number of amides is 1. The van der Waals surface area contributed by atoms with E-state index in [1.807, 2.05) is 0 Å². The van der Waals surface area contributed by atoms with Crippen LogP contribution in [0.1, 0.15) is 13.2 Å². The molecule has 0 bridgehead atoms. The summed E-state index contributed by atoms with van der Waals surface area (Å²) in [6.45, 7) is 2.11. The number of nitrogens with two attached hydrogens (primary N) is 1. The topological polar surface area (TPSA) is 148 Å². The number of aromatic nitrogens is 4. The zero-order chi connectivity index (χ0) is 16.7. The molecule has 1 saturated heterocycles. The van der Waals surface area contributed by atoms with E-state index < -0.39 is 30.4 Å². The molecule has 0 saturated carbocycles. The van der Waals surface area contributed by atoms with Gasteiger partial charge in [-0.05, 0) is 18.5 Å². The van der Waals surface area contributed by atoms with E-state index in [4.69, 9.17) is 22.1 Å². The second-order valence-corrected chi connectivity index (χ2v) is 5.36. The van der Waals surface area contributed by atoms with Gasteiger partial charge >= 0.3 is 0 Å². The number of nitrogens with zero attached hydrogens (tertiary/aromatic N) is 4. The number of anilines is 1. The summed E-state index contributed by atoms with van der Waals surface area (Å²) < 4.78 is 6.85. The van der Waals surface area contributed by atoms with Gasteiger partial charge in [0.05, 0.1) is 6.33 Å². The first kappa shape index (κ1) is 15.9. The molecular formula is C12H15ClN6O4. The number of nitrogens with one attached hydrogen (secondary N) is 1. The summed E-state index contributed by atoms with van der Waals surface area (Å²) in [5.41, 5.74) is 6.23. The number of fused-ring (bicyclic) bond motifs is 1. The fourth-order valence-corrected chi connectivity index (χ4v) is 2.65. The van der Waals surface area contributed by atoms with Crippen LogP contribution in [0.15, 0.2) is 6.33 Å². The molecule has 5 N–H and O–H groups in total. The second kappa shape index (κ2) is 5.89. The number of carbonyl (C=O) groups excluding carboxylic acids is 1. The average Bonchev–Trinajstić information content (AvgIpc) is 3.02. The standard InChI is InChI=1S/C12H15ClN6O4/c1-2-15-10(22)7-5(20)6(21)11(23-7)19-3-16-4-8(14)17-12(13)18-9(4)19/h3,5-7,11,20-21H,2H2,1H3,(H,15,22)(H2,14,17,18)/t5-,6+,7-,11+/m0/s1. The van der Waals surface area contributed by atoms with Crippen molar-refractivity contribution in [1.29, 1.82) is 0 Å². The lowest BCUT2D eigenvalue weighted by atomic mass is 10.1. The Balaban J connectivity index is 1.98. The monoisotopic (exact) mass is 342 g/mol. The first-order valence-electron chi connectivity index (χ1n) is 6.89. The lowest BCUT2D eigenvalue weighted by Crippen LogP contribution is -2.42. The van der Waals surface area contributed by atoms with E-state index in [0.717, 1.165) is 0 Å². The molecule has 1 aliphatic rings. The molecule has 0 aromatic carbocycles. The van der Waals surface area contributed by atoms with Crippen molar-refractivity contribution in [3.63, 3.8) is 0 Å². The number of likely N-dealkylation sites (N-methyl/N-ethyl adjacent to an activating group) is 1. The second-order valence-electron chi connectivity index (χ2n) is 5.02. The molecule has 0 radical (unpaired) electrons. The molecule has 0 unspecified atom stereocenters. The van der Waals surface area contributed by atoms with Crippen LogP contribution in [-0.2, 0) is 9.53 Å². The summed E-state index contributed by atoms with van der Waals surface area (Å²) >= 11 is 5.78. The van der Waals surface area contributed by atoms with Gasteiger partial charge in [-0.1, -0.05) is 0 Å². The summed E-state index contributed by atoms with van der Waals surface area (Å²) in [5, 5.41) is 22.7. The number of aliphatic hydroxyl groups excluding tert-OH is 2. The molecule has 1 amide bonds. The summed E-state index contributed by atoms with van der Waals surface area (Å²) in [5.74, 6) is -0.440. The molecule has 0 spiro atoms. The molecule has 2 aromatic heterocycles. The number of imidazole rings is 1. The minimum Gasteiger partial charge on any atom is -0.387 e. The third-order valence-electron chi connectivity index (χ3n) is 3.54. The highest BCUT2D eigenvalue weighted by Gasteiger charge is 2.47. The maximum atomic E-state index is 11.9. The normalized spacial score (nSPS) is 27.5. The molecule has 11 heteroatoms. The van der Waals surface area contributed by atoms with Crippen LogP contribution in [0.5, 0.6) is 0 Å². The fourth-order valence-electron chi connectivity index (χ4n) is 2.48. The molecular weight excluding hydrogens is 328 g/mol. The van der Waals surface area contributed by atoms with E-state index in [1.165, 1.54) is 10.9 Å². The molecule has 10 nitrogen and oxygen atoms in total. The third kappa shape index (κ3) is 2.59. The van der Waals surface area contributed by atoms with Crippen molar-refractivity contribution in [3.8, 4) is 0 Å². The summed E-state index contributed by atoms with van der Waals surface area (Å²) in [6.07, 6.45) is -3.68. The number of carbonyl (C=O) groups is 1. The van der Waals surface area contributed by atoms with Crippen molar-refractivity contribution in [2.75, 3.05) is 12.3 Å². The van der Waals surface area contributed by atoms with Crippen molar-refractivity contribution in [1.82, 2.24) is 24.8 Å². The van der Waals surface area contributed by atoms with Gasteiger partial charge < -0.3 is 26.0 Å². The first-order valence-corrected chi connectivity index (χ1v) is 7.26. The lowest BCUT2D eigenvalue weighted by Gasteiger charge is -2.16. The van der Waals surface area contributed by atoms with E-state index in [1.54, 1.807) is 6.92 Å². The smallest absolute Gasteiger partial charge is 0.252 e. The minimum absolute atomic E-state index is 0.0760. The first-order chi connectivity index (χ1) is 10.9. The van der Waals surface area contributed by atoms with Crippen LogP contribution in [0.3, 0.4) is 0 Å². The van der Waals surface area contributed by atoms with Gasteiger partial charge in [0.25, 0.3) is 5.91 Å². The zero-order valence-electron chi connectivity index (χ0n) is 12.0. The van der Waals surface area contributed by atoms with Crippen molar-refractivity contribution in [2.24, 2.45) is 0 Å². The fraction of sp³-hybridized carbons (Fsp3) is 0.500. The maximum Gasteiger partial charge on any atom is 0.252 e. The van der Waals surface area contributed by atoms with Gasteiger partial charge in [0, 0.05) is 6.54 Å². The van der Waals surface area contributed by atoms with Gasteiger partial charge in [-0.2, -0.15) is 9.97 Å². The summed E-state index contributed by atoms with van der Waals surface area (Å²) in [4.78, 5) is 23.7. The number of ether oxygens (including phenoxy) is 1. The zero-order valence-corrected chi connectivity index (χ0v) is 12.8. The molecule has 1 fully saturated rings. The Bertz CT molecular complexity index is 752. The number of rotatable bonds is 3. The van der Waals surface area contributed by atoms with Crippen molar-refractivity contribution in [2.45, 2.75) is 31.5 Å². The molecule has 124 valence electrons. The molecule has 3 heterocycles. The highest BCUT2D eigenvalue weighted by atomic mass is 35.5. The van der Waals surface area contributed by atoms with Gasteiger partial charge in [0.1, 0.15) is 17.7 Å². The highest BCUT2D eigenvalue weighted by molar-refractivity contribution is 6.28. The van der Waals surface area contributed by atoms with Crippen LogP contribution in [0.2, 0.25) is 5.28 Å². The molecule has 2 aromatic rings. The Morgan fingerprint density at radius 1 is 1.48 bits per heavy atom. The van der Waals surface area contributed by atoms with Crippen molar-refractivity contribution in [3.05, 3.63) is 11.6 Å². The average molecular weight is 343 g/mol. The molecule has 4 atom stereocenters. The summed E-state index contributed by atoms with van der Waals surface area (Å²) in [6, 6.07) is 0. The molecule has 0 aliphatic carbocycles. The molecule has 3 rings (SSSR count). The van der Waals surface area contributed by atoms with Crippen LogP contribution in [0.25, 0.3) is 11.2 Å². The maximum absolute atomic E-state index is 11.9. The number of hydrogen-bond acceptors (Lipinski definition) is 8. The van der Waals surface area contributed by atoms with E-state index in [0.29, 0.717) is 6.54 Å². The Morgan fingerprint density at radius 3 is 2.91 bits per heavy atom.